The summed E-state index contributed by atoms with van der Waals surface area (Å²) >= 11 is 0. The second kappa shape index (κ2) is 6.72. The van der Waals surface area contributed by atoms with Gasteiger partial charge in [-0.3, -0.25) is 0 Å². The Bertz CT molecular complexity index is 884. The standard InChI is InChI=1S/C23H26Si3/c1-25(2,3)23-19-26(21-15-9-5-10-16-21,22-17-11-6-12-18-22)24(23)20-13-7-4-8-14-20/h4-18H,19H2,1-3H3. The second-order valence-corrected chi connectivity index (χ2v) is 23.2. The summed E-state index contributed by atoms with van der Waals surface area (Å²) in [6, 6.07) is 35.7. The molecule has 130 valence electrons. The summed E-state index contributed by atoms with van der Waals surface area (Å²) in [4.78, 5) is 1.95. The van der Waals surface area contributed by atoms with Gasteiger partial charge in [0.05, 0.1) is 8.07 Å². The fourth-order valence-corrected chi connectivity index (χ4v) is 29.7. The third-order valence-corrected chi connectivity index (χ3v) is 24.8. The van der Waals surface area contributed by atoms with Crippen LogP contribution in [0.3, 0.4) is 0 Å². The lowest BCUT2D eigenvalue weighted by atomic mass is 10.4. The van der Waals surface area contributed by atoms with Crippen LogP contribution in [-0.2, 0) is 0 Å². The van der Waals surface area contributed by atoms with Gasteiger partial charge in [-0.15, -0.1) is 0 Å². The second-order valence-electron chi connectivity index (χ2n) is 8.28. The average Bonchev–Trinajstić information content (AvgIpc) is 2.63. The van der Waals surface area contributed by atoms with Gasteiger partial charge in [-0.1, -0.05) is 126 Å². The van der Waals surface area contributed by atoms with Crippen molar-refractivity contribution in [2.75, 3.05) is 0 Å². The van der Waals surface area contributed by atoms with E-state index in [1.807, 2.05) is 4.79 Å². The van der Waals surface area contributed by atoms with Crippen molar-refractivity contribution >= 4 is 43.9 Å². The lowest BCUT2D eigenvalue weighted by Crippen LogP contribution is -2.80. The fourth-order valence-electron chi connectivity index (χ4n) is 4.36. The maximum Gasteiger partial charge on any atom is 0.134 e. The molecule has 0 saturated carbocycles. The molecule has 3 aromatic rings. The van der Waals surface area contributed by atoms with Crippen LogP contribution in [-0.4, -0.2) is 28.4 Å². The van der Waals surface area contributed by atoms with Crippen LogP contribution in [0.25, 0.3) is 0 Å². The Kier molecular flexibility index (Phi) is 4.55. The van der Waals surface area contributed by atoms with E-state index in [2.05, 4.69) is 111 Å². The summed E-state index contributed by atoms with van der Waals surface area (Å²) in [6.45, 7) is 7.64. The minimum absolute atomic E-state index is 0.707. The molecule has 1 aliphatic rings. The zero-order chi connectivity index (χ0) is 18.2. The van der Waals surface area contributed by atoms with Gasteiger partial charge in [0.25, 0.3) is 0 Å². The van der Waals surface area contributed by atoms with Gasteiger partial charge in [0.1, 0.15) is 7.59 Å². The van der Waals surface area contributed by atoms with Crippen LogP contribution < -0.4 is 15.6 Å². The molecule has 1 aliphatic heterocycles. The lowest BCUT2D eigenvalue weighted by Gasteiger charge is -2.49. The maximum atomic E-state index is 2.55. The molecule has 3 aromatic carbocycles. The first-order valence-electron chi connectivity index (χ1n) is 9.44. The van der Waals surface area contributed by atoms with E-state index in [1.165, 1.54) is 6.04 Å². The molecule has 0 spiro atoms. The largest absolute Gasteiger partial charge is 0.134 e. The highest BCUT2D eigenvalue weighted by Crippen LogP contribution is 2.28. The van der Waals surface area contributed by atoms with Gasteiger partial charge >= 0.3 is 0 Å². The molecule has 0 saturated heterocycles. The van der Waals surface area contributed by atoms with Crippen LogP contribution in [0.1, 0.15) is 0 Å². The number of benzene rings is 3. The minimum atomic E-state index is -1.74. The van der Waals surface area contributed by atoms with Crippen molar-refractivity contribution in [3.8, 4) is 0 Å². The number of hydrogen-bond donors (Lipinski definition) is 0. The Hall–Kier alpha value is -1.82. The van der Waals surface area contributed by atoms with Gasteiger partial charge in [0, 0.05) is 7.93 Å². The van der Waals surface area contributed by atoms with E-state index in [0.717, 1.165) is 0 Å². The fraction of sp³-hybridized carbons (Fsp3) is 0.174. The molecule has 26 heavy (non-hydrogen) atoms. The molecule has 0 nitrogen and oxygen atoms in total. The van der Waals surface area contributed by atoms with E-state index in [0.29, 0.717) is 0 Å². The molecule has 0 N–H and O–H groups in total. The van der Waals surface area contributed by atoms with Crippen LogP contribution in [0.2, 0.25) is 25.7 Å². The van der Waals surface area contributed by atoms with Crippen molar-refractivity contribution in [1.82, 2.24) is 0 Å². The normalized spacial score (nSPS) is 16.3. The van der Waals surface area contributed by atoms with Crippen molar-refractivity contribution in [3.63, 3.8) is 0 Å². The molecule has 0 bridgehead atoms. The molecule has 0 aromatic heterocycles. The Labute approximate surface area is 160 Å². The summed E-state index contributed by atoms with van der Waals surface area (Å²) in [7, 11) is -3.72. The third kappa shape index (κ3) is 2.84. The quantitative estimate of drug-likeness (QED) is 0.603. The van der Waals surface area contributed by atoms with Crippen LogP contribution in [0.5, 0.6) is 0 Å². The topological polar surface area (TPSA) is 0 Å². The SMILES string of the molecule is C[Si](C)(C)C1=[Si](c2ccccc2)[Si](c2ccccc2)(c2ccccc2)C1. The van der Waals surface area contributed by atoms with Crippen molar-refractivity contribution < 1.29 is 0 Å². The van der Waals surface area contributed by atoms with Crippen LogP contribution >= 0.6 is 0 Å². The van der Waals surface area contributed by atoms with E-state index in [4.69, 9.17) is 0 Å². The molecule has 1 heterocycles. The Morgan fingerprint density at radius 1 is 0.654 bits per heavy atom. The number of hydrogen-bond acceptors (Lipinski definition) is 0. The first-order valence-corrected chi connectivity index (χ1v) is 17.6. The molecule has 4 rings (SSSR count). The van der Waals surface area contributed by atoms with E-state index in [-0.39, 0.29) is 0 Å². The van der Waals surface area contributed by atoms with Crippen molar-refractivity contribution in [3.05, 3.63) is 91.0 Å². The summed E-state index contributed by atoms with van der Waals surface area (Å²) in [5.74, 6) is 0. The predicted molar refractivity (Wildman–Crippen MR) is 123 cm³/mol. The molecular formula is C23H26Si3. The molecular weight excluding hydrogens is 361 g/mol. The highest BCUT2D eigenvalue weighted by molar-refractivity contribution is 7.60. The van der Waals surface area contributed by atoms with Gasteiger partial charge in [0.2, 0.25) is 0 Å². The van der Waals surface area contributed by atoms with Crippen LogP contribution in [0.15, 0.2) is 91.0 Å². The maximum absolute atomic E-state index is 2.55. The predicted octanol–water partition coefficient (Wildman–Crippen LogP) is 3.38. The summed E-state index contributed by atoms with van der Waals surface area (Å²) in [5.41, 5.74) is 0. The Balaban J connectivity index is 2.03. The Morgan fingerprint density at radius 2 is 1.08 bits per heavy atom. The first-order chi connectivity index (χ1) is 12.5. The lowest BCUT2D eigenvalue weighted by molar-refractivity contribution is 1.64. The molecule has 0 atom stereocenters. The van der Waals surface area contributed by atoms with E-state index in [1.54, 1.807) is 15.6 Å². The van der Waals surface area contributed by atoms with Gasteiger partial charge in [-0.05, 0) is 11.2 Å². The summed E-state index contributed by atoms with van der Waals surface area (Å²) < 4.78 is 0. The van der Waals surface area contributed by atoms with Crippen LogP contribution in [0, 0.1) is 0 Å². The van der Waals surface area contributed by atoms with E-state index < -0.39 is 23.6 Å². The summed E-state index contributed by atoms with van der Waals surface area (Å²) in [6.07, 6.45) is 0. The minimum Gasteiger partial charge on any atom is -0.0989 e. The van der Waals surface area contributed by atoms with E-state index >= 15 is 0 Å². The zero-order valence-corrected chi connectivity index (χ0v) is 18.9. The third-order valence-electron chi connectivity index (χ3n) is 5.67. The Morgan fingerprint density at radius 3 is 1.50 bits per heavy atom. The molecule has 0 radical (unpaired) electrons. The monoisotopic (exact) mass is 386 g/mol. The van der Waals surface area contributed by atoms with Gasteiger partial charge in [-0.25, -0.2) is 0 Å². The molecule has 0 amide bonds. The average molecular weight is 387 g/mol. The van der Waals surface area contributed by atoms with E-state index in [9.17, 15) is 0 Å². The van der Waals surface area contributed by atoms with Crippen LogP contribution in [0.4, 0.5) is 0 Å². The molecule has 3 heteroatoms. The van der Waals surface area contributed by atoms with Crippen molar-refractivity contribution in [1.29, 1.82) is 0 Å². The van der Waals surface area contributed by atoms with Crippen molar-refractivity contribution in [2.45, 2.75) is 25.7 Å². The van der Waals surface area contributed by atoms with Gasteiger partial charge in [0.15, 0.2) is 0 Å². The molecule has 0 aliphatic carbocycles. The highest BCUT2D eigenvalue weighted by atomic mass is 29.2. The molecule has 0 fully saturated rings. The smallest absolute Gasteiger partial charge is 0.0989 e. The van der Waals surface area contributed by atoms with Gasteiger partial charge in [-0.2, -0.15) is 0 Å². The molecule has 0 unspecified atom stereocenters. The summed E-state index contributed by atoms with van der Waals surface area (Å²) in [5, 5.41) is 4.89. The first kappa shape index (κ1) is 17.6. The van der Waals surface area contributed by atoms with Crippen molar-refractivity contribution in [2.24, 2.45) is 0 Å². The number of rotatable bonds is 4. The zero-order valence-electron chi connectivity index (χ0n) is 15.9. The highest BCUT2D eigenvalue weighted by Gasteiger charge is 2.53. The van der Waals surface area contributed by atoms with Gasteiger partial charge < -0.3 is 0 Å².